The van der Waals surface area contributed by atoms with Gasteiger partial charge in [-0.1, -0.05) is 26.7 Å². The van der Waals surface area contributed by atoms with Crippen molar-refractivity contribution in [3.8, 4) is 0 Å². The highest BCUT2D eigenvalue weighted by Crippen LogP contribution is 2.37. The lowest BCUT2D eigenvalue weighted by atomic mass is 9.97. The zero-order chi connectivity index (χ0) is 15.5. The number of hydrogen-bond donors (Lipinski definition) is 1. The monoisotopic (exact) mass is 296 g/mol. The Morgan fingerprint density at radius 3 is 2.48 bits per heavy atom. The van der Waals surface area contributed by atoms with E-state index >= 15 is 0 Å². The molecule has 2 aliphatic carbocycles. The zero-order valence-corrected chi connectivity index (χ0v) is 14.2. The maximum Gasteiger partial charge on any atom is 0.326 e. The summed E-state index contributed by atoms with van der Waals surface area (Å²) in [6.07, 6.45) is 8.25. The Balaban J connectivity index is 2.09. The van der Waals surface area contributed by atoms with Crippen molar-refractivity contribution in [2.45, 2.75) is 76.4 Å². The molecule has 2 atom stereocenters. The van der Waals surface area contributed by atoms with Crippen LogP contribution in [-0.4, -0.2) is 49.2 Å². The van der Waals surface area contributed by atoms with Gasteiger partial charge in [-0.2, -0.15) is 0 Å². The van der Waals surface area contributed by atoms with Crippen LogP contribution < -0.4 is 5.32 Å². The molecule has 2 fully saturated rings. The van der Waals surface area contributed by atoms with Crippen LogP contribution in [0.25, 0.3) is 0 Å². The van der Waals surface area contributed by atoms with Crippen LogP contribution in [-0.2, 0) is 9.53 Å². The Bertz CT molecular complexity index is 353. The minimum absolute atomic E-state index is 0.0941. The van der Waals surface area contributed by atoms with Gasteiger partial charge in [0.15, 0.2) is 0 Å². The Morgan fingerprint density at radius 1 is 1.29 bits per heavy atom. The summed E-state index contributed by atoms with van der Waals surface area (Å²) in [6, 6.07) is 1.24. The predicted octanol–water partition coefficient (Wildman–Crippen LogP) is 2.57. The van der Waals surface area contributed by atoms with Gasteiger partial charge in [-0.25, -0.2) is 0 Å². The summed E-state index contributed by atoms with van der Waals surface area (Å²) < 4.78 is 5.04. The lowest BCUT2D eigenvalue weighted by Gasteiger charge is -2.37. The Hall–Kier alpha value is -0.610. The van der Waals surface area contributed by atoms with E-state index in [0.717, 1.165) is 31.8 Å². The van der Waals surface area contributed by atoms with Crippen molar-refractivity contribution < 1.29 is 9.53 Å². The van der Waals surface area contributed by atoms with E-state index in [1.165, 1.54) is 32.8 Å². The Labute approximate surface area is 129 Å². The van der Waals surface area contributed by atoms with Gasteiger partial charge in [0.1, 0.15) is 5.54 Å². The molecule has 2 rings (SSSR count). The minimum atomic E-state index is -0.465. The fraction of sp³-hybridized carbons (Fsp3) is 0.941. The van der Waals surface area contributed by atoms with Crippen LogP contribution in [0, 0.1) is 5.92 Å². The lowest BCUT2D eigenvalue weighted by Crippen LogP contribution is -2.51. The first-order chi connectivity index (χ1) is 10.0. The van der Waals surface area contributed by atoms with E-state index in [-0.39, 0.29) is 5.97 Å². The number of carbonyl (C=O) groups excluding carboxylic acids is 1. The second-order valence-corrected chi connectivity index (χ2v) is 7.25. The van der Waals surface area contributed by atoms with E-state index in [9.17, 15) is 4.79 Å². The number of hydrogen-bond acceptors (Lipinski definition) is 4. The molecule has 0 aliphatic heterocycles. The average molecular weight is 296 g/mol. The summed E-state index contributed by atoms with van der Waals surface area (Å²) in [7, 11) is 3.39. The number of likely N-dealkylation sites (N-methyl/N-ethyl adjacent to an activating group) is 1. The molecule has 0 aromatic carbocycles. The molecule has 1 N–H and O–H groups in total. The van der Waals surface area contributed by atoms with Crippen molar-refractivity contribution in [1.29, 1.82) is 0 Å². The van der Waals surface area contributed by atoms with Gasteiger partial charge in [-0.05, 0) is 45.1 Å². The van der Waals surface area contributed by atoms with Crippen molar-refractivity contribution >= 4 is 5.97 Å². The summed E-state index contributed by atoms with van der Waals surface area (Å²) in [6.45, 7) is 5.74. The van der Waals surface area contributed by atoms with Crippen molar-refractivity contribution in [2.75, 3.05) is 20.7 Å². The molecule has 0 heterocycles. The molecule has 0 radical (unpaired) electrons. The molecule has 122 valence electrons. The van der Waals surface area contributed by atoms with Gasteiger partial charge in [-0.15, -0.1) is 0 Å². The molecule has 0 aromatic rings. The first-order valence-electron chi connectivity index (χ1n) is 8.55. The van der Waals surface area contributed by atoms with Crippen molar-refractivity contribution in [2.24, 2.45) is 5.92 Å². The maximum absolute atomic E-state index is 12.2. The first-order valence-corrected chi connectivity index (χ1v) is 8.55. The van der Waals surface area contributed by atoms with Crippen LogP contribution in [0.15, 0.2) is 0 Å². The largest absolute Gasteiger partial charge is 0.468 e. The van der Waals surface area contributed by atoms with E-state index in [2.05, 4.69) is 24.1 Å². The molecular weight excluding hydrogens is 264 g/mol. The number of methoxy groups -OCH3 is 1. The molecule has 21 heavy (non-hydrogen) atoms. The highest BCUT2D eigenvalue weighted by atomic mass is 16.5. The molecule has 4 heteroatoms. The normalized spacial score (nSPS) is 30.5. The quantitative estimate of drug-likeness (QED) is 0.765. The standard InChI is InChI=1S/C17H32N2O2/c1-13(2)12-19(14-7-5-6-8-14)15-9-10-17(11-15,18-3)16(20)21-4/h13-15,18H,5-12H2,1-4H3. The molecule has 4 nitrogen and oxygen atoms in total. The first kappa shape index (κ1) is 16.8. The number of ether oxygens (including phenoxy) is 1. The number of nitrogens with one attached hydrogen (secondary N) is 1. The van der Waals surface area contributed by atoms with Crippen LogP contribution in [0.1, 0.15) is 58.8 Å². The molecule has 2 unspecified atom stereocenters. The molecule has 0 spiro atoms. The van der Waals surface area contributed by atoms with Crippen LogP contribution in [0.3, 0.4) is 0 Å². The smallest absolute Gasteiger partial charge is 0.326 e. The van der Waals surface area contributed by atoms with Gasteiger partial charge in [-0.3, -0.25) is 9.69 Å². The van der Waals surface area contributed by atoms with Gasteiger partial charge in [0.2, 0.25) is 0 Å². The van der Waals surface area contributed by atoms with Gasteiger partial charge in [0.25, 0.3) is 0 Å². The molecular formula is C17H32N2O2. The Kier molecular flexibility index (Phi) is 5.67. The van der Waals surface area contributed by atoms with Crippen LogP contribution in [0.5, 0.6) is 0 Å². The zero-order valence-electron chi connectivity index (χ0n) is 14.2. The Morgan fingerprint density at radius 2 is 1.95 bits per heavy atom. The number of carbonyl (C=O) groups is 1. The van der Waals surface area contributed by atoms with Gasteiger partial charge in [0, 0.05) is 18.6 Å². The minimum Gasteiger partial charge on any atom is -0.468 e. The fourth-order valence-electron chi connectivity index (χ4n) is 4.27. The summed E-state index contributed by atoms with van der Waals surface area (Å²) in [5.74, 6) is 0.580. The third-order valence-corrected chi connectivity index (χ3v) is 5.38. The van der Waals surface area contributed by atoms with Crippen LogP contribution in [0.4, 0.5) is 0 Å². The molecule has 0 aromatic heterocycles. The molecule has 2 aliphatic rings. The lowest BCUT2D eigenvalue weighted by molar-refractivity contribution is -0.148. The van der Waals surface area contributed by atoms with Gasteiger partial charge in [0.05, 0.1) is 7.11 Å². The van der Waals surface area contributed by atoms with E-state index in [0.29, 0.717) is 12.0 Å². The second kappa shape index (κ2) is 7.10. The second-order valence-electron chi connectivity index (χ2n) is 7.25. The predicted molar refractivity (Wildman–Crippen MR) is 85.2 cm³/mol. The summed E-state index contributed by atoms with van der Waals surface area (Å²) in [5, 5.41) is 3.26. The van der Waals surface area contributed by atoms with E-state index in [1.54, 1.807) is 0 Å². The van der Waals surface area contributed by atoms with Crippen molar-refractivity contribution in [1.82, 2.24) is 10.2 Å². The SMILES string of the molecule is CNC1(C(=O)OC)CCC(N(CC(C)C)C2CCCC2)C1. The third-order valence-electron chi connectivity index (χ3n) is 5.38. The third kappa shape index (κ3) is 3.59. The topological polar surface area (TPSA) is 41.6 Å². The molecule has 0 amide bonds. The van der Waals surface area contributed by atoms with E-state index < -0.39 is 5.54 Å². The molecule has 0 bridgehead atoms. The van der Waals surface area contributed by atoms with Crippen molar-refractivity contribution in [3.63, 3.8) is 0 Å². The van der Waals surface area contributed by atoms with E-state index in [1.807, 2.05) is 7.05 Å². The van der Waals surface area contributed by atoms with E-state index in [4.69, 9.17) is 4.74 Å². The number of rotatable bonds is 6. The summed E-state index contributed by atoms with van der Waals surface area (Å²) >= 11 is 0. The molecule has 0 saturated heterocycles. The van der Waals surface area contributed by atoms with Gasteiger partial charge < -0.3 is 10.1 Å². The highest BCUT2D eigenvalue weighted by molar-refractivity contribution is 5.81. The van der Waals surface area contributed by atoms with Crippen LogP contribution in [0.2, 0.25) is 0 Å². The van der Waals surface area contributed by atoms with Crippen molar-refractivity contribution in [3.05, 3.63) is 0 Å². The van der Waals surface area contributed by atoms with Crippen LogP contribution >= 0.6 is 0 Å². The molecule has 2 saturated carbocycles. The highest BCUT2D eigenvalue weighted by Gasteiger charge is 2.47. The summed E-state index contributed by atoms with van der Waals surface area (Å²) in [5.41, 5.74) is -0.465. The number of esters is 1. The maximum atomic E-state index is 12.2. The average Bonchev–Trinajstić information content (AvgIpc) is 3.13. The summed E-state index contributed by atoms with van der Waals surface area (Å²) in [4.78, 5) is 14.9. The van der Waals surface area contributed by atoms with Gasteiger partial charge >= 0.3 is 5.97 Å². The fourth-order valence-corrected chi connectivity index (χ4v) is 4.27. The number of nitrogens with zero attached hydrogens (tertiary/aromatic N) is 1.